The number of hydrogen-bond donors (Lipinski definition) is 1. The second kappa shape index (κ2) is 15.7. The largest absolute Gasteiger partial charge is 0.458 e. The minimum atomic E-state index is -2.90. The van der Waals surface area contributed by atoms with E-state index < -0.39 is 32.0 Å². The molecule has 1 aliphatic heterocycles. The number of carbonyl (C=O) groups excluding carboxylic acids is 2. The summed E-state index contributed by atoms with van der Waals surface area (Å²) in [5.41, 5.74) is 3.60. The SMILES string of the molecule is Cc1cc(C2=C(/C=C/[C@@H]3C[C@@H](O[Si](c4ccccc4)(c4ccccc4)C(C)(C)C)CC(=O)O3)C(C)(C)C[C@@H](OC(=O)Nc3ccccc3)C2)ccc1F. The molecule has 1 aliphatic carbocycles. The predicted octanol–water partition coefficient (Wildman–Crippen LogP) is 9.53. The van der Waals surface area contributed by atoms with Crippen LogP contribution in [0.15, 0.2) is 127 Å². The fourth-order valence-corrected chi connectivity index (χ4v) is 12.7. The Morgan fingerprint density at radius 1 is 0.887 bits per heavy atom. The molecular weight excluding hydrogens is 682 g/mol. The van der Waals surface area contributed by atoms with E-state index in [1.165, 1.54) is 6.07 Å². The highest BCUT2D eigenvalue weighted by molar-refractivity contribution is 6.99. The van der Waals surface area contributed by atoms with Crippen molar-refractivity contribution in [2.24, 2.45) is 5.41 Å². The van der Waals surface area contributed by atoms with E-state index in [2.05, 4.69) is 94.5 Å². The van der Waals surface area contributed by atoms with E-state index in [1.54, 1.807) is 13.0 Å². The minimum Gasteiger partial charge on any atom is -0.458 e. The smallest absolute Gasteiger partial charge is 0.411 e. The maximum absolute atomic E-state index is 14.5. The van der Waals surface area contributed by atoms with Crippen LogP contribution >= 0.6 is 0 Å². The molecule has 1 fully saturated rings. The molecule has 8 heteroatoms. The molecule has 53 heavy (non-hydrogen) atoms. The molecule has 1 saturated heterocycles. The number of esters is 1. The molecule has 276 valence electrons. The quantitative estimate of drug-likeness (QED) is 0.137. The van der Waals surface area contributed by atoms with Crippen molar-refractivity contribution < 1.29 is 27.9 Å². The number of carbonyl (C=O) groups is 2. The number of aryl methyl sites for hydroxylation is 1. The Hall–Kier alpha value is -4.79. The number of amides is 1. The molecule has 0 bridgehead atoms. The van der Waals surface area contributed by atoms with Gasteiger partial charge in [0.05, 0.1) is 12.5 Å². The van der Waals surface area contributed by atoms with Crippen molar-refractivity contribution in [2.45, 2.75) is 90.6 Å². The van der Waals surface area contributed by atoms with Gasteiger partial charge in [0.2, 0.25) is 0 Å². The average Bonchev–Trinajstić information content (AvgIpc) is 3.11. The lowest BCUT2D eigenvalue weighted by Gasteiger charge is -2.46. The van der Waals surface area contributed by atoms with E-state index in [1.807, 2.05) is 54.6 Å². The van der Waals surface area contributed by atoms with Gasteiger partial charge in [0.1, 0.15) is 18.0 Å². The summed E-state index contributed by atoms with van der Waals surface area (Å²) in [6.07, 6.45) is 3.92. The van der Waals surface area contributed by atoms with E-state index >= 15 is 0 Å². The first-order valence-electron chi connectivity index (χ1n) is 18.4. The molecule has 1 amide bonds. The summed E-state index contributed by atoms with van der Waals surface area (Å²) in [6, 6.07) is 35.2. The Balaban J connectivity index is 1.31. The first kappa shape index (κ1) is 37.9. The highest BCUT2D eigenvalue weighted by Gasteiger charge is 2.52. The van der Waals surface area contributed by atoms with Crippen LogP contribution in [0, 0.1) is 18.2 Å². The maximum atomic E-state index is 14.5. The fourth-order valence-electron chi connectivity index (χ4n) is 7.98. The zero-order chi connectivity index (χ0) is 37.8. The van der Waals surface area contributed by atoms with Crippen molar-refractivity contribution >= 4 is 42.0 Å². The van der Waals surface area contributed by atoms with Crippen molar-refractivity contribution in [3.8, 4) is 0 Å². The summed E-state index contributed by atoms with van der Waals surface area (Å²) < 4.78 is 33.8. The molecular formula is C45H50FNO5Si. The van der Waals surface area contributed by atoms with Gasteiger partial charge in [-0.1, -0.05) is 126 Å². The second-order valence-electron chi connectivity index (χ2n) is 15.9. The average molecular weight is 732 g/mol. The standard InChI is InChI=1S/C45H50FNO5Si/c1-31-26-32(22-25-41(31)46)39-28-36(51-43(49)47-33-16-10-7-11-17-33)30-45(5,6)40(39)24-23-34-27-35(29-42(48)50-34)52-53(44(2,3)4,37-18-12-8-13-19-37)38-20-14-9-15-21-38/h7-26,34-36H,27-30H2,1-6H3,(H,47,49)/b24-23+/t34-,35-,36+/m1/s1. The van der Waals surface area contributed by atoms with Gasteiger partial charge in [0, 0.05) is 18.5 Å². The van der Waals surface area contributed by atoms with Crippen LogP contribution < -0.4 is 15.7 Å². The number of rotatable bonds is 9. The van der Waals surface area contributed by atoms with Crippen LogP contribution in [0.25, 0.3) is 5.57 Å². The number of benzene rings is 4. The third kappa shape index (κ3) is 8.55. The number of cyclic esters (lactones) is 1. The van der Waals surface area contributed by atoms with Crippen molar-refractivity contribution in [3.63, 3.8) is 0 Å². The monoisotopic (exact) mass is 731 g/mol. The van der Waals surface area contributed by atoms with Gasteiger partial charge in [-0.2, -0.15) is 0 Å². The Kier molecular flexibility index (Phi) is 11.2. The molecule has 1 heterocycles. The normalized spacial score (nSPS) is 20.6. The summed E-state index contributed by atoms with van der Waals surface area (Å²) >= 11 is 0. The summed E-state index contributed by atoms with van der Waals surface area (Å²) in [4.78, 5) is 26.3. The molecule has 6 nitrogen and oxygen atoms in total. The van der Waals surface area contributed by atoms with Crippen LogP contribution in [0.2, 0.25) is 5.04 Å². The molecule has 0 spiro atoms. The van der Waals surface area contributed by atoms with Gasteiger partial charge in [-0.25, -0.2) is 9.18 Å². The molecule has 0 aromatic heterocycles. The van der Waals surface area contributed by atoms with E-state index in [9.17, 15) is 14.0 Å². The topological polar surface area (TPSA) is 73.9 Å². The lowest BCUT2D eigenvalue weighted by atomic mass is 9.69. The van der Waals surface area contributed by atoms with Gasteiger partial charge in [-0.15, -0.1) is 0 Å². The zero-order valence-corrected chi connectivity index (χ0v) is 32.5. The van der Waals surface area contributed by atoms with Gasteiger partial charge >= 0.3 is 12.1 Å². The third-order valence-corrected chi connectivity index (χ3v) is 15.5. The van der Waals surface area contributed by atoms with Gasteiger partial charge in [0.15, 0.2) is 0 Å². The summed E-state index contributed by atoms with van der Waals surface area (Å²) in [7, 11) is -2.90. The first-order chi connectivity index (χ1) is 25.2. The van der Waals surface area contributed by atoms with Crippen LogP contribution in [-0.2, 0) is 18.7 Å². The molecule has 2 aliphatic rings. The Morgan fingerprint density at radius 2 is 1.49 bits per heavy atom. The molecule has 6 rings (SSSR count). The molecule has 0 radical (unpaired) electrons. The number of halogens is 1. The van der Waals surface area contributed by atoms with Crippen molar-refractivity contribution in [1.82, 2.24) is 0 Å². The molecule has 1 N–H and O–H groups in total. The minimum absolute atomic E-state index is 0.174. The summed E-state index contributed by atoms with van der Waals surface area (Å²) in [5.74, 6) is -0.574. The number of anilines is 1. The lowest BCUT2D eigenvalue weighted by Crippen LogP contribution is -2.68. The lowest BCUT2D eigenvalue weighted by molar-refractivity contribution is -0.155. The number of hydrogen-bond acceptors (Lipinski definition) is 5. The fraction of sp³-hybridized carbons (Fsp3) is 0.333. The van der Waals surface area contributed by atoms with Crippen LogP contribution in [0.3, 0.4) is 0 Å². The van der Waals surface area contributed by atoms with Crippen LogP contribution in [0.5, 0.6) is 0 Å². The number of allylic oxidation sites excluding steroid dienone is 2. The van der Waals surface area contributed by atoms with Crippen LogP contribution in [0.1, 0.15) is 71.4 Å². The summed E-state index contributed by atoms with van der Waals surface area (Å²) in [5, 5.41) is 4.90. The molecule has 3 atom stereocenters. The van der Waals surface area contributed by atoms with Crippen LogP contribution in [-0.4, -0.2) is 38.7 Å². The van der Waals surface area contributed by atoms with Crippen molar-refractivity contribution in [2.75, 3.05) is 5.32 Å². The number of para-hydroxylation sites is 1. The van der Waals surface area contributed by atoms with E-state index in [0.717, 1.165) is 27.1 Å². The van der Waals surface area contributed by atoms with Gasteiger partial charge in [-0.3, -0.25) is 10.1 Å². The number of nitrogens with one attached hydrogen (secondary N) is 1. The Bertz CT molecular complexity index is 1930. The van der Waals surface area contributed by atoms with Gasteiger partial charge in [0.25, 0.3) is 8.32 Å². The summed E-state index contributed by atoms with van der Waals surface area (Å²) in [6.45, 7) is 12.7. The highest BCUT2D eigenvalue weighted by atomic mass is 28.4. The van der Waals surface area contributed by atoms with E-state index in [0.29, 0.717) is 30.5 Å². The van der Waals surface area contributed by atoms with Gasteiger partial charge in [-0.05, 0) is 86.8 Å². The second-order valence-corrected chi connectivity index (χ2v) is 20.1. The van der Waals surface area contributed by atoms with E-state index in [-0.39, 0.29) is 29.3 Å². The first-order valence-corrected chi connectivity index (χ1v) is 20.4. The van der Waals surface area contributed by atoms with Crippen molar-refractivity contribution in [3.05, 3.63) is 144 Å². The predicted molar refractivity (Wildman–Crippen MR) is 212 cm³/mol. The maximum Gasteiger partial charge on any atom is 0.411 e. The number of ether oxygens (including phenoxy) is 2. The molecule has 0 saturated carbocycles. The molecule has 4 aromatic carbocycles. The Labute approximate surface area is 314 Å². The Morgan fingerprint density at radius 3 is 2.08 bits per heavy atom. The molecule has 4 aromatic rings. The van der Waals surface area contributed by atoms with Crippen LogP contribution in [0.4, 0.5) is 14.9 Å². The molecule has 0 unspecified atom stereocenters. The third-order valence-electron chi connectivity index (χ3n) is 10.4. The van der Waals surface area contributed by atoms with Gasteiger partial charge < -0.3 is 13.9 Å². The van der Waals surface area contributed by atoms with Crippen molar-refractivity contribution in [1.29, 1.82) is 0 Å². The highest BCUT2D eigenvalue weighted by Crippen LogP contribution is 2.46. The van der Waals surface area contributed by atoms with E-state index in [4.69, 9.17) is 13.9 Å². The zero-order valence-electron chi connectivity index (χ0n) is 31.5.